The van der Waals surface area contributed by atoms with Crippen molar-refractivity contribution in [3.05, 3.63) is 35.9 Å². The van der Waals surface area contributed by atoms with E-state index in [0.29, 0.717) is 0 Å². The average Bonchev–Trinajstić information content (AvgIpc) is 2.40. The molecule has 1 amide bonds. The van der Waals surface area contributed by atoms with Gasteiger partial charge in [0.05, 0.1) is 6.04 Å². The Morgan fingerprint density at radius 1 is 1.33 bits per heavy atom. The average molecular weight is 246 g/mol. The minimum absolute atomic E-state index is 0.123. The normalized spacial score (nSPS) is 19.6. The summed E-state index contributed by atoms with van der Waals surface area (Å²) in [5, 5.41) is 0. The van der Waals surface area contributed by atoms with Crippen LogP contribution in [0, 0.1) is 5.92 Å². The highest BCUT2D eigenvalue weighted by molar-refractivity contribution is 5.79. The van der Waals surface area contributed by atoms with Crippen LogP contribution in [0.1, 0.15) is 25.3 Å². The SMILES string of the molecule is CC(C(N)=O)N1CCC(Cc2ccccc2)CC1. The Morgan fingerprint density at radius 3 is 2.50 bits per heavy atom. The predicted molar refractivity (Wildman–Crippen MR) is 73.1 cm³/mol. The van der Waals surface area contributed by atoms with Crippen LogP contribution >= 0.6 is 0 Å². The lowest BCUT2D eigenvalue weighted by molar-refractivity contribution is -0.123. The second kappa shape index (κ2) is 6.01. The molecule has 1 aliphatic rings. The molecule has 1 unspecified atom stereocenters. The first-order valence-electron chi connectivity index (χ1n) is 6.74. The Bertz CT molecular complexity index is 383. The number of carbonyl (C=O) groups excluding carboxylic acids is 1. The molecule has 1 saturated heterocycles. The van der Waals surface area contributed by atoms with Gasteiger partial charge in [-0.15, -0.1) is 0 Å². The highest BCUT2D eigenvalue weighted by Crippen LogP contribution is 2.22. The van der Waals surface area contributed by atoms with Crippen LogP contribution in [0.5, 0.6) is 0 Å². The monoisotopic (exact) mass is 246 g/mol. The van der Waals surface area contributed by atoms with Crippen LogP contribution in [0.4, 0.5) is 0 Å². The van der Waals surface area contributed by atoms with E-state index in [-0.39, 0.29) is 11.9 Å². The Labute approximate surface area is 109 Å². The molecule has 1 atom stereocenters. The minimum Gasteiger partial charge on any atom is -0.368 e. The number of hydrogen-bond acceptors (Lipinski definition) is 2. The summed E-state index contributed by atoms with van der Waals surface area (Å²) in [7, 11) is 0. The molecule has 0 aliphatic carbocycles. The number of benzene rings is 1. The molecule has 1 aromatic rings. The van der Waals surface area contributed by atoms with E-state index in [1.165, 1.54) is 5.56 Å². The maximum atomic E-state index is 11.2. The molecule has 3 heteroatoms. The largest absolute Gasteiger partial charge is 0.368 e. The number of carbonyl (C=O) groups is 1. The van der Waals surface area contributed by atoms with Gasteiger partial charge in [0.1, 0.15) is 0 Å². The summed E-state index contributed by atoms with van der Waals surface area (Å²) < 4.78 is 0. The lowest BCUT2D eigenvalue weighted by Gasteiger charge is -2.34. The molecule has 0 radical (unpaired) electrons. The van der Waals surface area contributed by atoms with Gasteiger partial charge >= 0.3 is 0 Å². The van der Waals surface area contributed by atoms with E-state index in [0.717, 1.165) is 38.3 Å². The molecular weight excluding hydrogens is 224 g/mol. The summed E-state index contributed by atoms with van der Waals surface area (Å²) in [4.78, 5) is 13.3. The summed E-state index contributed by atoms with van der Waals surface area (Å²) in [5.41, 5.74) is 6.76. The van der Waals surface area contributed by atoms with Crippen molar-refractivity contribution in [2.75, 3.05) is 13.1 Å². The van der Waals surface area contributed by atoms with Gasteiger partial charge in [0.25, 0.3) is 0 Å². The first-order chi connectivity index (χ1) is 8.66. The standard InChI is InChI=1S/C15H22N2O/c1-12(15(16)18)17-9-7-14(8-10-17)11-13-5-3-2-4-6-13/h2-6,12,14H,7-11H2,1H3,(H2,16,18). The van der Waals surface area contributed by atoms with Gasteiger partial charge in [0, 0.05) is 0 Å². The third-order valence-electron chi connectivity index (χ3n) is 3.98. The number of hydrogen-bond donors (Lipinski definition) is 1. The van der Waals surface area contributed by atoms with Crippen molar-refractivity contribution in [3.8, 4) is 0 Å². The molecule has 0 spiro atoms. The summed E-state index contributed by atoms with van der Waals surface area (Å²) in [6.45, 7) is 3.88. The highest BCUT2D eigenvalue weighted by atomic mass is 16.1. The van der Waals surface area contributed by atoms with Crippen molar-refractivity contribution in [2.24, 2.45) is 11.7 Å². The molecule has 1 fully saturated rings. The van der Waals surface area contributed by atoms with Gasteiger partial charge in [-0.25, -0.2) is 0 Å². The number of nitrogens with zero attached hydrogens (tertiary/aromatic N) is 1. The van der Waals surface area contributed by atoms with Crippen molar-refractivity contribution in [2.45, 2.75) is 32.2 Å². The number of nitrogens with two attached hydrogens (primary N) is 1. The van der Waals surface area contributed by atoms with E-state index >= 15 is 0 Å². The molecule has 0 aromatic heterocycles. The quantitative estimate of drug-likeness (QED) is 0.880. The molecule has 3 nitrogen and oxygen atoms in total. The lowest BCUT2D eigenvalue weighted by atomic mass is 9.89. The van der Waals surface area contributed by atoms with Gasteiger partial charge in [-0.1, -0.05) is 30.3 Å². The van der Waals surface area contributed by atoms with Gasteiger partial charge in [-0.2, -0.15) is 0 Å². The maximum Gasteiger partial charge on any atom is 0.234 e. The summed E-state index contributed by atoms with van der Waals surface area (Å²) in [6, 6.07) is 10.5. The molecule has 0 bridgehead atoms. The first-order valence-corrected chi connectivity index (χ1v) is 6.74. The zero-order valence-electron chi connectivity index (χ0n) is 11.0. The zero-order valence-corrected chi connectivity index (χ0v) is 11.0. The Balaban J connectivity index is 1.82. The van der Waals surface area contributed by atoms with Crippen molar-refractivity contribution < 1.29 is 4.79 Å². The van der Waals surface area contributed by atoms with Crippen molar-refractivity contribution in [3.63, 3.8) is 0 Å². The van der Waals surface area contributed by atoms with Gasteiger partial charge in [0.2, 0.25) is 5.91 Å². The van der Waals surface area contributed by atoms with Crippen molar-refractivity contribution >= 4 is 5.91 Å². The van der Waals surface area contributed by atoms with Crippen LogP contribution in [0.15, 0.2) is 30.3 Å². The summed E-state index contributed by atoms with van der Waals surface area (Å²) in [5.74, 6) is 0.528. The van der Waals surface area contributed by atoms with Crippen LogP contribution in [0.2, 0.25) is 0 Å². The van der Waals surface area contributed by atoms with E-state index in [1.807, 2.05) is 6.92 Å². The van der Waals surface area contributed by atoms with Crippen LogP contribution in [0.3, 0.4) is 0 Å². The Kier molecular flexibility index (Phi) is 4.37. The summed E-state index contributed by atoms with van der Waals surface area (Å²) >= 11 is 0. The van der Waals surface area contributed by atoms with E-state index < -0.39 is 0 Å². The fraction of sp³-hybridized carbons (Fsp3) is 0.533. The molecule has 2 N–H and O–H groups in total. The Morgan fingerprint density at radius 2 is 1.94 bits per heavy atom. The highest BCUT2D eigenvalue weighted by Gasteiger charge is 2.25. The first kappa shape index (κ1) is 13.1. The van der Waals surface area contributed by atoms with Crippen LogP contribution in [-0.4, -0.2) is 29.9 Å². The van der Waals surface area contributed by atoms with E-state index in [4.69, 9.17) is 5.73 Å². The topological polar surface area (TPSA) is 46.3 Å². The second-order valence-corrected chi connectivity index (χ2v) is 5.25. The predicted octanol–water partition coefficient (Wildman–Crippen LogP) is 1.81. The number of rotatable bonds is 4. The van der Waals surface area contributed by atoms with Crippen molar-refractivity contribution in [1.82, 2.24) is 4.90 Å². The van der Waals surface area contributed by atoms with Gasteiger partial charge in [0.15, 0.2) is 0 Å². The van der Waals surface area contributed by atoms with E-state index in [9.17, 15) is 4.79 Å². The molecule has 1 heterocycles. The van der Waals surface area contributed by atoms with E-state index in [2.05, 4.69) is 35.2 Å². The molecule has 0 saturated carbocycles. The number of amides is 1. The third kappa shape index (κ3) is 3.33. The number of likely N-dealkylation sites (tertiary alicyclic amines) is 1. The van der Waals surface area contributed by atoms with Crippen LogP contribution in [-0.2, 0) is 11.2 Å². The molecule has 98 valence electrons. The molecule has 2 rings (SSSR count). The van der Waals surface area contributed by atoms with Crippen molar-refractivity contribution in [1.29, 1.82) is 0 Å². The lowest BCUT2D eigenvalue weighted by Crippen LogP contribution is -2.46. The molecule has 18 heavy (non-hydrogen) atoms. The van der Waals surface area contributed by atoms with Gasteiger partial charge in [-0.3, -0.25) is 9.69 Å². The summed E-state index contributed by atoms with van der Waals surface area (Å²) in [6.07, 6.45) is 3.47. The van der Waals surface area contributed by atoms with Gasteiger partial charge in [-0.05, 0) is 50.8 Å². The number of piperidine rings is 1. The smallest absolute Gasteiger partial charge is 0.234 e. The van der Waals surface area contributed by atoms with E-state index in [1.54, 1.807) is 0 Å². The number of primary amides is 1. The molecular formula is C15H22N2O. The third-order valence-corrected chi connectivity index (χ3v) is 3.98. The zero-order chi connectivity index (χ0) is 13.0. The Hall–Kier alpha value is -1.35. The fourth-order valence-corrected chi connectivity index (χ4v) is 2.67. The second-order valence-electron chi connectivity index (χ2n) is 5.25. The van der Waals surface area contributed by atoms with Crippen LogP contribution in [0.25, 0.3) is 0 Å². The molecule has 1 aromatic carbocycles. The maximum absolute atomic E-state index is 11.2. The fourth-order valence-electron chi connectivity index (χ4n) is 2.67. The minimum atomic E-state index is -0.212. The molecule has 1 aliphatic heterocycles. The van der Waals surface area contributed by atoms with Crippen LogP contribution < -0.4 is 5.73 Å². The van der Waals surface area contributed by atoms with Gasteiger partial charge < -0.3 is 5.73 Å².